The summed E-state index contributed by atoms with van der Waals surface area (Å²) in [5.74, 6) is 1.13. The van der Waals surface area contributed by atoms with Crippen LogP contribution in [0.2, 0.25) is 0 Å². The average Bonchev–Trinajstić information content (AvgIpc) is 3.16. The van der Waals surface area contributed by atoms with Gasteiger partial charge < -0.3 is 14.8 Å². The highest BCUT2D eigenvalue weighted by atomic mass is 32.2. The number of hydrogen-bond donors (Lipinski definition) is 1. The summed E-state index contributed by atoms with van der Waals surface area (Å²) in [5, 5.41) is 12.5. The Kier molecular flexibility index (Phi) is 7.65. The van der Waals surface area contributed by atoms with Gasteiger partial charge in [0, 0.05) is 18.7 Å². The van der Waals surface area contributed by atoms with Crippen molar-refractivity contribution in [3.63, 3.8) is 0 Å². The molecule has 0 aliphatic heterocycles. The van der Waals surface area contributed by atoms with Crippen LogP contribution in [-0.4, -0.2) is 52.0 Å². The molecule has 3 aromatic rings. The van der Waals surface area contributed by atoms with Gasteiger partial charge in [-0.2, -0.15) is 0 Å². The predicted octanol–water partition coefficient (Wildman–Crippen LogP) is 3.78. The van der Waals surface area contributed by atoms with Crippen molar-refractivity contribution in [3.8, 4) is 11.4 Å². The molecule has 0 aliphatic rings. The molecule has 1 unspecified atom stereocenters. The summed E-state index contributed by atoms with van der Waals surface area (Å²) < 4.78 is 2.05. The molecule has 0 aliphatic carbocycles. The molecule has 0 radical (unpaired) electrons. The van der Waals surface area contributed by atoms with E-state index in [0.29, 0.717) is 12.3 Å². The van der Waals surface area contributed by atoms with Crippen molar-refractivity contribution in [2.75, 3.05) is 26.4 Å². The highest BCUT2D eigenvalue weighted by molar-refractivity contribution is 7.99. The summed E-state index contributed by atoms with van der Waals surface area (Å²) in [4.78, 5) is 14.6. The van der Waals surface area contributed by atoms with E-state index in [2.05, 4.69) is 63.1 Å². The van der Waals surface area contributed by atoms with Gasteiger partial charge in [-0.25, -0.2) is 0 Å². The summed E-state index contributed by atoms with van der Waals surface area (Å²) in [6, 6.07) is 18.6. The lowest BCUT2D eigenvalue weighted by Gasteiger charge is -2.25. The normalized spacial score (nSPS) is 12.2. The van der Waals surface area contributed by atoms with Crippen LogP contribution in [0.15, 0.2) is 59.8 Å². The zero-order chi connectivity index (χ0) is 21.5. The van der Waals surface area contributed by atoms with Crippen molar-refractivity contribution in [2.24, 2.45) is 0 Å². The van der Waals surface area contributed by atoms with Crippen LogP contribution >= 0.6 is 11.8 Å². The van der Waals surface area contributed by atoms with E-state index in [0.717, 1.165) is 23.1 Å². The number of carbonyl (C=O) groups is 1. The molecule has 1 amide bonds. The fraction of sp³-hybridized carbons (Fsp3) is 0.348. The van der Waals surface area contributed by atoms with Gasteiger partial charge in [0.1, 0.15) is 0 Å². The number of thioether (sulfide) groups is 1. The number of rotatable bonds is 9. The van der Waals surface area contributed by atoms with Crippen LogP contribution in [0.5, 0.6) is 0 Å². The van der Waals surface area contributed by atoms with Gasteiger partial charge in [-0.05, 0) is 39.6 Å². The standard InChI is InChI=1S/C23H29N5OS/c1-5-28-22(19-13-9-10-17(2)14-19)25-26-23(28)30-16-21(29)24-15-20(27(3)4)18-11-7-6-8-12-18/h6-14,20H,5,15-16H2,1-4H3,(H,24,29). The third-order valence-electron chi connectivity index (χ3n) is 4.94. The van der Waals surface area contributed by atoms with Crippen LogP contribution in [-0.2, 0) is 11.3 Å². The van der Waals surface area contributed by atoms with Gasteiger partial charge in [0.15, 0.2) is 11.0 Å². The van der Waals surface area contributed by atoms with Crippen LogP contribution < -0.4 is 5.32 Å². The van der Waals surface area contributed by atoms with Gasteiger partial charge in [0.2, 0.25) is 5.91 Å². The summed E-state index contributed by atoms with van der Waals surface area (Å²) >= 11 is 1.42. The van der Waals surface area contributed by atoms with Gasteiger partial charge in [0.25, 0.3) is 0 Å². The van der Waals surface area contributed by atoms with Gasteiger partial charge in [-0.1, -0.05) is 65.9 Å². The first kappa shape index (κ1) is 22.1. The molecule has 1 aromatic heterocycles. The molecule has 2 aromatic carbocycles. The van der Waals surface area contributed by atoms with E-state index >= 15 is 0 Å². The Balaban J connectivity index is 1.61. The lowest BCUT2D eigenvalue weighted by molar-refractivity contribution is -0.118. The summed E-state index contributed by atoms with van der Waals surface area (Å²) in [7, 11) is 4.05. The number of likely N-dealkylation sites (N-methyl/N-ethyl adjacent to an activating group) is 1. The van der Waals surface area contributed by atoms with E-state index in [4.69, 9.17) is 0 Å². The van der Waals surface area contributed by atoms with E-state index in [1.54, 1.807) is 0 Å². The minimum Gasteiger partial charge on any atom is -0.353 e. The molecular weight excluding hydrogens is 394 g/mol. The molecule has 7 heteroatoms. The number of aryl methyl sites for hydroxylation is 1. The molecule has 1 atom stereocenters. The topological polar surface area (TPSA) is 63.1 Å². The van der Waals surface area contributed by atoms with E-state index in [-0.39, 0.29) is 11.9 Å². The van der Waals surface area contributed by atoms with Crippen molar-refractivity contribution >= 4 is 17.7 Å². The SMILES string of the molecule is CCn1c(SCC(=O)NCC(c2ccccc2)N(C)C)nnc1-c1cccc(C)c1. The largest absolute Gasteiger partial charge is 0.353 e. The molecule has 0 fully saturated rings. The molecule has 0 spiro atoms. The molecule has 1 N–H and O–H groups in total. The lowest BCUT2D eigenvalue weighted by Crippen LogP contribution is -2.35. The second-order valence-electron chi connectivity index (χ2n) is 7.40. The van der Waals surface area contributed by atoms with Gasteiger partial charge >= 0.3 is 0 Å². The smallest absolute Gasteiger partial charge is 0.230 e. The number of hydrogen-bond acceptors (Lipinski definition) is 5. The first-order chi connectivity index (χ1) is 14.5. The van der Waals surface area contributed by atoms with E-state index in [1.807, 2.05) is 44.4 Å². The van der Waals surface area contributed by atoms with Crippen LogP contribution in [0.25, 0.3) is 11.4 Å². The van der Waals surface area contributed by atoms with Crippen LogP contribution in [0, 0.1) is 6.92 Å². The van der Waals surface area contributed by atoms with Crippen LogP contribution in [0.3, 0.4) is 0 Å². The summed E-state index contributed by atoms with van der Waals surface area (Å²) in [6.07, 6.45) is 0. The summed E-state index contributed by atoms with van der Waals surface area (Å²) in [5.41, 5.74) is 3.40. The highest BCUT2D eigenvalue weighted by Crippen LogP contribution is 2.24. The molecule has 3 rings (SSSR count). The number of nitrogens with zero attached hydrogens (tertiary/aromatic N) is 4. The molecular formula is C23H29N5OS. The van der Waals surface area contributed by atoms with Crippen molar-refractivity contribution in [1.82, 2.24) is 25.0 Å². The zero-order valence-electron chi connectivity index (χ0n) is 18.0. The quantitative estimate of drug-likeness (QED) is 0.531. The van der Waals surface area contributed by atoms with Gasteiger partial charge in [-0.15, -0.1) is 10.2 Å². The maximum Gasteiger partial charge on any atom is 0.230 e. The molecule has 1 heterocycles. The average molecular weight is 424 g/mol. The second-order valence-corrected chi connectivity index (χ2v) is 8.35. The molecule has 0 saturated heterocycles. The minimum atomic E-state index is -0.00876. The van der Waals surface area contributed by atoms with Crippen LogP contribution in [0.1, 0.15) is 24.1 Å². The highest BCUT2D eigenvalue weighted by Gasteiger charge is 2.17. The van der Waals surface area contributed by atoms with Crippen LogP contribution in [0.4, 0.5) is 0 Å². The van der Waals surface area contributed by atoms with Crippen molar-refractivity contribution < 1.29 is 4.79 Å². The molecule has 158 valence electrons. The third-order valence-corrected chi connectivity index (χ3v) is 5.91. The predicted molar refractivity (Wildman–Crippen MR) is 122 cm³/mol. The first-order valence-electron chi connectivity index (χ1n) is 10.1. The zero-order valence-corrected chi connectivity index (χ0v) is 18.8. The second kappa shape index (κ2) is 10.4. The third kappa shape index (κ3) is 5.49. The Morgan fingerprint density at radius 3 is 2.57 bits per heavy atom. The molecule has 0 saturated carbocycles. The number of carbonyl (C=O) groups excluding carboxylic acids is 1. The molecule has 0 bridgehead atoms. The van der Waals surface area contributed by atoms with Crippen molar-refractivity contribution in [2.45, 2.75) is 31.6 Å². The van der Waals surface area contributed by atoms with Crippen molar-refractivity contribution in [3.05, 3.63) is 65.7 Å². The lowest BCUT2D eigenvalue weighted by atomic mass is 10.1. The fourth-order valence-corrected chi connectivity index (χ4v) is 4.18. The first-order valence-corrected chi connectivity index (χ1v) is 11.1. The van der Waals surface area contributed by atoms with E-state index < -0.39 is 0 Å². The Morgan fingerprint density at radius 1 is 1.13 bits per heavy atom. The maximum absolute atomic E-state index is 12.5. The van der Waals surface area contributed by atoms with Gasteiger partial charge in [0.05, 0.1) is 11.8 Å². The summed E-state index contributed by atoms with van der Waals surface area (Å²) in [6.45, 7) is 5.43. The minimum absolute atomic E-state index is 0.00876. The molecule has 6 nitrogen and oxygen atoms in total. The molecule has 30 heavy (non-hydrogen) atoms. The number of aromatic nitrogens is 3. The maximum atomic E-state index is 12.5. The Hall–Kier alpha value is -2.64. The Labute approximate surface area is 182 Å². The number of amides is 1. The fourth-order valence-electron chi connectivity index (χ4n) is 3.34. The van der Waals surface area contributed by atoms with Crippen molar-refractivity contribution in [1.29, 1.82) is 0 Å². The monoisotopic (exact) mass is 423 g/mol. The van der Waals surface area contributed by atoms with Gasteiger partial charge in [-0.3, -0.25) is 4.79 Å². The number of benzene rings is 2. The van der Waals surface area contributed by atoms with E-state index in [1.165, 1.54) is 22.9 Å². The number of nitrogens with one attached hydrogen (secondary N) is 1. The van der Waals surface area contributed by atoms with E-state index in [9.17, 15) is 4.79 Å². The Morgan fingerprint density at radius 2 is 1.90 bits per heavy atom. The Bertz CT molecular complexity index is 971.